The fourth-order valence-electron chi connectivity index (χ4n) is 2.42. The van der Waals surface area contributed by atoms with Gasteiger partial charge in [0.1, 0.15) is 11.6 Å². The minimum absolute atomic E-state index is 0.181. The Kier molecular flexibility index (Phi) is 3.14. The molecule has 0 aliphatic rings. The van der Waals surface area contributed by atoms with Crippen LogP contribution in [-0.2, 0) is 13.0 Å². The van der Waals surface area contributed by atoms with Crippen LogP contribution in [0.1, 0.15) is 18.3 Å². The molecule has 4 heteroatoms. The number of anilines is 1. The summed E-state index contributed by atoms with van der Waals surface area (Å²) in [4.78, 5) is 4.61. The first-order chi connectivity index (χ1) is 9.69. The lowest BCUT2D eigenvalue weighted by molar-refractivity contribution is 0.627. The van der Waals surface area contributed by atoms with Crippen LogP contribution in [-0.4, -0.2) is 9.55 Å². The summed E-state index contributed by atoms with van der Waals surface area (Å²) in [5.41, 5.74) is 8.62. The highest BCUT2D eigenvalue weighted by Crippen LogP contribution is 2.20. The van der Waals surface area contributed by atoms with Crippen molar-refractivity contribution in [3.8, 4) is 0 Å². The highest BCUT2D eigenvalue weighted by Gasteiger charge is 2.10. The first kappa shape index (κ1) is 12.7. The molecule has 0 saturated heterocycles. The third-order valence-corrected chi connectivity index (χ3v) is 3.46. The van der Waals surface area contributed by atoms with Gasteiger partial charge in [-0.2, -0.15) is 0 Å². The molecule has 2 N–H and O–H groups in total. The van der Waals surface area contributed by atoms with Crippen molar-refractivity contribution in [1.82, 2.24) is 9.55 Å². The van der Waals surface area contributed by atoms with Crippen molar-refractivity contribution in [3.63, 3.8) is 0 Å². The molecule has 0 aliphatic heterocycles. The lowest BCUT2D eigenvalue weighted by Crippen LogP contribution is -2.05. The quantitative estimate of drug-likeness (QED) is 0.741. The van der Waals surface area contributed by atoms with Crippen LogP contribution in [0.4, 0.5) is 10.1 Å². The highest BCUT2D eigenvalue weighted by molar-refractivity contribution is 5.76. The lowest BCUT2D eigenvalue weighted by Gasteiger charge is -2.09. The Labute approximate surface area is 116 Å². The van der Waals surface area contributed by atoms with Crippen molar-refractivity contribution >= 4 is 16.7 Å². The van der Waals surface area contributed by atoms with Crippen molar-refractivity contribution in [2.45, 2.75) is 19.9 Å². The number of nitrogen functional groups attached to an aromatic ring is 1. The minimum atomic E-state index is -0.370. The molecule has 102 valence electrons. The first-order valence-electron chi connectivity index (χ1n) is 6.67. The van der Waals surface area contributed by atoms with Crippen molar-refractivity contribution in [1.29, 1.82) is 0 Å². The molecule has 3 nitrogen and oxygen atoms in total. The van der Waals surface area contributed by atoms with Gasteiger partial charge in [-0.15, -0.1) is 0 Å². The Bertz CT molecular complexity index is 762. The van der Waals surface area contributed by atoms with E-state index < -0.39 is 0 Å². The number of aryl methyl sites for hydroxylation is 1. The van der Waals surface area contributed by atoms with E-state index in [0.717, 1.165) is 28.8 Å². The number of nitrogens with zero attached hydrogens (tertiary/aromatic N) is 2. The molecule has 3 aromatic rings. The monoisotopic (exact) mass is 269 g/mol. The molecule has 0 amide bonds. The Hall–Kier alpha value is -2.36. The third-order valence-electron chi connectivity index (χ3n) is 3.46. The predicted molar refractivity (Wildman–Crippen MR) is 79.0 cm³/mol. The summed E-state index contributed by atoms with van der Waals surface area (Å²) in [6.07, 6.45) is 0.839. The standard InChI is InChI=1S/C16H16FN3/c1-2-16-19-14-5-3-4-6-15(14)20(16)10-11-7-8-13(18)12(17)9-11/h3-9H,2,10,18H2,1H3. The molecule has 0 spiro atoms. The number of para-hydroxylation sites is 2. The van der Waals surface area contributed by atoms with Crippen LogP contribution in [0.15, 0.2) is 42.5 Å². The second kappa shape index (κ2) is 4.96. The maximum Gasteiger partial charge on any atom is 0.146 e. The SMILES string of the molecule is CCc1nc2ccccc2n1Cc1ccc(N)c(F)c1. The van der Waals surface area contributed by atoms with Crippen LogP contribution in [0.3, 0.4) is 0 Å². The van der Waals surface area contributed by atoms with Gasteiger partial charge in [0, 0.05) is 13.0 Å². The molecule has 0 bridgehead atoms. The van der Waals surface area contributed by atoms with Gasteiger partial charge in [0.2, 0.25) is 0 Å². The second-order valence-electron chi connectivity index (χ2n) is 4.81. The average molecular weight is 269 g/mol. The lowest BCUT2D eigenvalue weighted by atomic mass is 10.2. The average Bonchev–Trinajstić information content (AvgIpc) is 2.81. The van der Waals surface area contributed by atoms with Gasteiger partial charge in [-0.1, -0.05) is 25.1 Å². The van der Waals surface area contributed by atoms with E-state index in [1.165, 1.54) is 6.07 Å². The van der Waals surface area contributed by atoms with Crippen LogP contribution in [0.25, 0.3) is 11.0 Å². The summed E-state index contributed by atoms with van der Waals surface area (Å²) in [5, 5.41) is 0. The molecule has 20 heavy (non-hydrogen) atoms. The predicted octanol–water partition coefficient (Wildman–Crippen LogP) is 3.37. The minimum Gasteiger partial charge on any atom is -0.396 e. The van der Waals surface area contributed by atoms with Crippen molar-refractivity contribution in [2.75, 3.05) is 5.73 Å². The molecular weight excluding hydrogens is 253 g/mol. The van der Waals surface area contributed by atoms with E-state index in [1.807, 2.05) is 30.3 Å². The fraction of sp³-hybridized carbons (Fsp3) is 0.188. The van der Waals surface area contributed by atoms with Crippen molar-refractivity contribution in [2.24, 2.45) is 0 Å². The van der Waals surface area contributed by atoms with Crippen molar-refractivity contribution in [3.05, 3.63) is 59.7 Å². The number of benzene rings is 2. The number of imidazole rings is 1. The van der Waals surface area contributed by atoms with Crippen LogP contribution in [0.2, 0.25) is 0 Å². The maximum absolute atomic E-state index is 13.6. The summed E-state index contributed by atoms with van der Waals surface area (Å²) >= 11 is 0. The summed E-state index contributed by atoms with van der Waals surface area (Å²) in [6, 6.07) is 12.9. The molecule has 1 aromatic heterocycles. The zero-order valence-corrected chi connectivity index (χ0v) is 11.3. The number of hydrogen-bond donors (Lipinski definition) is 1. The van der Waals surface area contributed by atoms with Crippen LogP contribution >= 0.6 is 0 Å². The van der Waals surface area contributed by atoms with E-state index in [0.29, 0.717) is 6.54 Å². The van der Waals surface area contributed by atoms with Gasteiger partial charge in [-0.25, -0.2) is 9.37 Å². The normalized spacial score (nSPS) is 11.1. The van der Waals surface area contributed by atoms with E-state index in [4.69, 9.17) is 5.73 Å². The number of rotatable bonds is 3. The largest absolute Gasteiger partial charge is 0.396 e. The smallest absolute Gasteiger partial charge is 0.146 e. The molecule has 0 fully saturated rings. The molecule has 0 atom stereocenters. The van der Waals surface area contributed by atoms with Gasteiger partial charge in [-0.05, 0) is 29.8 Å². The Morgan fingerprint density at radius 3 is 2.75 bits per heavy atom. The summed E-state index contributed by atoms with van der Waals surface area (Å²) in [7, 11) is 0. The fourth-order valence-corrected chi connectivity index (χ4v) is 2.42. The molecule has 0 saturated carbocycles. The Morgan fingerprint density at radius 1 is 1.20 bits per heavy atom. The summed E-state index contributed by atoms with van der Waals surface area (Å²) < 4.78 is 15.7. The topological polar surface area (TPSA) is 43.8 Å². The molecule has 0 aliphatic carbocycles. The Balaban J connectivity index is 2.07. The van der Waals surface area contributed by atoms with E-state index in [2.05, 4.69) is 16.5 Å². The van der Waals surface area contributed by atoms with Crippen LogP contribution in [0, 0.1) is 5.82 Å². The zero-order chi connectivity index (χ0) is 14.1. The van der Waals surface area contributed by atoms with E-state index in [9.17, 15) is 4.39 Å². The van der Waals surface area contributed by atoms with E-state index in [1.54, 1.807) is 6.07 Å². The second-order valence-corrected chi connectivity index (χ2v) is 4.81. The van der Waals surface area contributed by atoms with E-state index in [-0.39, 0.29) is 11.5 Å². The molecule has 1 heterocycles. The highest BCUT2D eigenvalue weighted by atomic mass is 19.1. The first-order valence-corrected chi connectivity index (χ1v) is 6.67. The summed E-state index contributed by atoms with van der Waals surface area (Å²) in [5.74, 6) is 0.633. The van der Waals surface area contributed by atoms with Crippen molar-refractivity contribution < 1.29 is 4.39 Å². The number of halogens is 1. The molecule has 2 aromatic carbocycles. The molecule has 3 rings (SSSR count). The maximum atomic E-state index is 13.6. The van der Waals surface area contributed by atoms with Gasteiger partial charge in [0.25, 0.3) is 0 Å². The third kappa shape index (κ3) is 2.13. The zero-order valence-electron chi connectivity index (χ0n) is 11.3. The van der Waals surface area contributed by atoms with Gasteiger partial charge < -0.3 is 10.3 Å². The van der Waals surface area contributed by atoms with Gasteiger partial charge in [-0.3, -0.25) is 0 Å². The van der Waals surface area contributed by atoms with Gasteiger partial charge in [0.05, 0.1) is 16.7 Å². The van der Waals surface area contributed by atoms with Crippen LogP contribution < -0.4 is 5.73 Å². The molecular formula is C16H16FN3. The Morgan fingerprint density at radius 2 is 2.00 bits per heavy atom. The molecule has 0 radical (unpaired) electrons. The van der Waals surface area contributed by atoms with Gasteiger partial charge in [0.15, 0.2) is 0 Å². The number of fused-ring (bicyclic) bond motifs is 1. The van der Waals surface area contributed by atoms with Gasteiger partial charge >= 0.3 is 0 Å². The van der Waals surface area contributed by atoms with E-state index >= 15 is 0 Å². The van der Waals surface area contributed by atoms with Crippen LogP contribution in [0.5, 0.6) is 0 Å². The number of nitrogens with two attached hydrogens (primary N) is 1. The molecule has 0 unspecified atom stereocenters. The summed E-state index contributed by atoms with van der Waals surface area (Å²) in [6.45, 7) is 2.67. The number of aromatic nitrogens is 2. The number of hydrogen-bond acceptors (Lipinski definition) is 2.